The van der Waals surface area contributed by atoms with E-state index in [1.165, 1.54) is 42.0 Å². The highest BCUT2D eigenvalue weighted by Gasteiger charge is 2.17. The van der Waals surface area contributed by atoms with Crippen LogP contribution < -0.4 is 20.1 Å². The number of benzene rings is 1. The Morgan fingerprint density at radius 1 is 1.20 bits per heavy atom. The van der Waals surface area contributed by atoms with Crippen molar-refractivity contribution in [2.75, 3.05) is 25.3 Å². The molecule has 1 fully saturated rings. The lowest BCUT2D eigenvalue weighted by atomic mass is 10.2. The van der Waals surface area contributed by atoms with Crippen LogP contribution >= 0.6 is 23.1 Å². The molecular weight excluding hydrogens is 424 g/mol. The van der Waals surface area contributed by atoms with Gasteiger partial charge in [-0.2, -0.15) is 0 Å². The van der Waals surface area contributed by atoms with Crippen LogP contribution in [0.2, 0.25) is 0 Å². The van der Waals surface area contributed by atoms with Crippen molar-refractivity contribution in [1.29, 1.82) is 0 Å². The molecule has 30 heavy (non-hydrogen) atoms. The minimum atomic E-state index is -0.323. The maximum atomic E-state index is 12.1. The lowest BCUT2D eigenvalue weighted by Gasteiger charge is -2.10. The standard InChI is InChI=1S/C20H24N4O4S2/c1-27-15-9-7-13(11-16(15)28-2)8-10-17(25)22-19-23-24-20(30-19)29-12-18(26)21-14-5-3-4-6-14/h7-11,14H,3-6,12H2,1-2H3,(H,21,26)(H,22,23,25)/b10-8+. The van der Waals surface area contributed by atoms with Crippen LogP contribution in [0, 0.1) is 0 Å². The summed E-state index contributed by atoms with van der Waals surface area (Å²) in [6, 6.07) is 5.67. The molecule has 0 spiro atoms. The van der Waals surface area contributed by atoms with Gasteiger partial charge in [-0.1, -0.05) is 42.0 Å². The highest BCUT2D eigenvalue weighted by molar-refractivity contribution is 8.01. The molecule has 2 amide bonds. The summed E-state index contributed by atoms with van der Waals surface area (Å²) in [6.45, 7) is 0. The van der Waals surface area contributed by atoms with Gasteiger partial charge in [0.2, 0.25) is 16.9 Å². The summed E-state index contributed by atoms with van der Waals surface area (Å²) in [4.78, 5) is 24.1. The molecule has 1 saturated carbocycles. The first-order valence-electron chi connectivity index (χ1n) is 9.54. The zero-order chi connectivity index (χ0) is 21.3. The van der Waals surface area contributed by atoms with Crippen molar-refractivity contribution in [1.82, 2.24) is 15.5 Å². The molecule has 0 aliphatic heterocycles. The second kappa shape index (κ2) is 11.0. The molecule has 2 aromatic rings. The van der Waals surface area contributed by atoms with Crippen LogP contribution in [0.15, 0.2) is 28.6 Å². The Balaban J connectivity index is 1.47. The summed E-state index contributed by atoms with van der Waals surface area (Å²) in [5.41, 5.74) is 0.796. The highest BCUT2D eigenvalue weighted by Crippen LogP contribution is 2.28. The number of anilines is 1. The van der Waals surface area contributed by atoms with E-state index >= 15 is 0 Å². The van der Waals surface area contributed by atoms with Crippen LogP contribution in [0.5, 0.6) is 11.5 Å². The van der Waals surface area contributed by atoms with Gasteiger partial charge >= 0.3 is 0 Å². The first kappa shape index (κ1) is 22.1. The molecule has 0 unspecified atom stereocenters. The number of ether oxygens (including phenoxy) is 2. The van der Waals surface area contributed by atoms with Gasteiger partial charge in [-0.25, -0.2) is 0 Å². The molecule has 0 atom stereocenters. The largest absolute Gasteiger partial charge is 0.493 e. The molecule has 1 aromatic heterocycles. The number of nitrogens with one attached hydrogen (secondary N) is 2. The molecule has 160 valence electrons. The minimum absolute atomic E-state index is 0.00513. The number of hydrogen-bond donors (Lipinski definition) is 2. The lowest BCUT2D eigenvalue weighted by Crippen LogP contribution is -2.33. The van der Waals surface area contributed by atoms with Gasteiger partial charge in [0, 0.05) is 12.1 Å². The monoisotopic (exact) mass is 448 g/mol. The first-order valence-corrected chi connectivity index (χ1v) is 11.3. The van der Waals surface area contributed by atoms with Crippen LogP contribution in [0.4, 0.5) is 5.13 Å². The Labute approximate surface area is 183 Å². The van der Waals surface area contributed by atoms with E-state index in [2.05, 4.69) is 20.8 Å². The molecule has 0 saturated heterocycles. The first-order chi connectivity index (χ1) is 14.6. The van der Waals surface area contributed by atoms with Gasteiger partial charge in [-0.15, -0.1) is 10.2 Å². The van der Waals surface area contributed by atoms with Crippen LogP contribution in [0.1, 0.15) is 31.2 Å². The topological polar surface area (TPSA) is 102 Å². The third-order valence-electron chi connectivity index (χ3n) is 4.52. The summed E-state index contributed by atoms with van der Waals surface area (Å²) >= 11 is 2.55. The van der Waals surface area contributed by atoms with Gasteiger partial charge in [0.1, 0.15) is 0 Å². The lowest BCUT2D eigenvalue weighted by molar-refractivity contribution is -0.119. The quantitative estimate of drug-likeness (QED) is 0.344. The number of rotatable bonds is 9. The van der Waals surface area contributed by atoms with Crippen LogP contribution in [0.25, 0.3) is 6.08 Å². The Hall–Kier alpha value is -2.59. The molecule has 10 heteroatoms. The van der Waals surface area contributed by atoms with Crippen molar-refractivity contribution in [2.24, 2.45) is 0 Å². The molecule has 1 aromatic carbocycles. The van der Waals surface area contributed by atoms with Gasteiger partial charge in [0.15, 0.2) is 15.8 Å². The normalized spacial score (nSPS) is 14.1. The number of nitrogens with zero attached hydrogens (tertiary/aromatic N) is 2. The number of amides is 2. The number of carbonyl (C=O) groups is 2. The number of carbonyl (C=O) groups excluding carboxylic acids is 2. The highest BCUT2D eigenvalue weighted by atomic mass is 32.2. The fourth-order valence-electron chi connectivity index (χ4n) is 3.06. The summed E-state index contributed by atoms with van der Waals surface area (Å²) in [5.74, 6) is 1.18. The molecule has 0 radical (unpaired) electrons. The predicted octanol–water partition coefficient (Wildman–Crippen LogP) is 3.36. The second-order valence-corrected chi connectivity index (χ2v) is 8.85. The molecule has 2 N–H and O–H groups in total. The van der Waals surface area contributed by atoms with E-state index in [4.69, 9.17) is 9.47 Å². The van der Waals surface area contributed by atoms with E-state index in [0.717, 1.165) is 18.4 Å². The van der Waals surface area contributed by atoms with Crippen LogP contribution in [-0.2, 0) is 9.59 Å². The summed E-state index contributed by atoms with van der Waals surface area (Å²) < 4.78 is 11.1. The predicted molar refractivity (Wildman–Crippen MR) is 118 cm³/mol. The number of thioether (sulfide) groups is 1. The number of methoxy groups -OCH3 is 2. The fourth-order valence-corrected chi connectivity index (χ4v) is 4.63. The van der Waals surface area contributed by atoms with E-state index in [0.29, 0.717) is 27.0 Å². The van der Waals surface area contributed by atoms with Gasteiger partial charge in [-0.3, -0.25) is 14.9 Å². The van der Waals surface area contributed by atoms with Gasteiger partial charge in [-0.05, 0) is 36.6 Å². The van der Waals surface area contributed by atoms with Gasteiger partial charge < -0.3 is 14.8 Å². The van der Waals surface area contributed by atoms with Crippen molar-refractivity contribution in [3.63, 3.8) is 0 Å². The Bertz CT molecular complexity index is 910. The Morgan fingerprint density at radius 2 is 1.97 bits per heavy atom. The Kier molecular flexibility index (Phi) is 8.09. The summed E-state index contributed by atoms with van der Waals surface area (Å²) in [6.07, 6.45) is 7.55. The van der Waals surface area contributed by atoms with E-state index in [1.54, 1.807) is 32.4 Å². The zero-order valence-electron chi connectivity index (χ0n) is 16.8. The summed E-state index contributed by atoms with van der Waals surface area (Å²) in [5, 5.41) is 14.1. The van der Waals surface area contributed by atoms with E-state index in [1.807, 2.05) is 6.07 Å². The summed E-state index contributed by atoms with van der Waals surface area (Å²) in [7, 11) is 3.12. The smallest absolute Gasteiger partial charge is 0.250 e. The molecule has 1 aliphatic carbocycles. The molecule has 1 heterocycles. The average Bonchev–Trinajstić information content (AvgIpc) is 3.42. The molecule has 8 nitrogen and oxygen atoms in total. The van der Waals surface area contributed by atoms with Crippen molar-refractivity contribution in [3.05, 3.63) is 29.8 Å². The number of hydrogen-bond acceptors (Lipinski definition) is 8. The third kappa shape index (κ3) is 6.46. The number of aromatic nitrogens is 2. The van der Waals surface area contributed by atoms with Gasteiger partial charge in [0.25, 0.3) is 0 Å². The Morgan fingerprint density at radius 3 is 2.70 bits per heavy atom. The van der Waals surface area contributed by atoms with Crippen molar-refractivity contribution in [3.8, 4) is 11.5 Å². The third-order valence-corrected chi connectivity index (χ3v) is 6.49. The van der Waals surface area contributed by atoms with Crippen LogP contribution in [0.3, 0.4) is 0 Å². The average molecular weight is 449 g/mol. The van der Waals surface area contributed by atoms with Crippen molar-refractivity contribution < 1.29 is 19.1 Å². The fraction of sp³-hybridized carbons (Fsp3) is 0.400. The molecular formula is C20H24N4O4S2. The molecule has 3 rings (SSSR count). The molecule has 1 aliphatic rings. The van der Waals surface area contributed by atoms with Crippen LogP contribution in [-0.4, -0.2) is 48.0 Å². The minimum Gasteiger partial charge on any atom is -0.493 e. The molecule has 0 bridgehead atoms. The maximum Gasteiger partial charge on any atom is 0.250 e. The van der Waals surface area contributed by atoms with E-state index in [-0.39, 0.29) is 17.6 Å². The van der Waals surface area contributed by atoms with Crippen molar-refractivity contribution in [2.45, 2.75) is 36.1 Å². The van der Waals surface area contributed by atoms with E-state index < -0.39 is 0 Å². The van der Waals surface area contributed by atoms with Gasteiger partial charge in [0.05, 0.1) is 20.0 Å². The zero-order valence-corrected chi connectivity index (χ0v) is 18.5. The second-order valence-electron chi connectivity index (χ2n) is 6.65. The van der Waals surface area contributed by atoms with E-state index in [9.17, 15) is 9.59 Å². The van der Waals surface area contributed by atoms with Crippen molar-refractivity contribution >= 4 is 46.1 Å². The SMILES string of the molecule is COc1ccc(/C=C/C(=O)Nc2nnc(SCC(=O)NC3CCCC3)s2)cc1OC. The maximum absolute atomic E-state index is 12.1.